The van der Waals surface area contributed by atoms with E-state index in [1.165, 1.54) is 4.52 Å². The van der Waals surface area contributed by atoms with Crippen molar-refractivity contribution in [2.75, 3.05) is 0 Å². The van der Waals surface area contributed by atoms with Crippen molar-refractivity contribution in [1.29, 1.82) is 0 Å². The van der Waals surface area contributed by atoms with Gasteiger partial charge in [-0.15, -0.1) is 5.54 Å². The minimum absolute atomic E-state index is 0.257. The first-order chi connectivity index (χ1) is 8.65. The van der Waals surface area contributed by atoms with Crippen LogP contribution in [0.25, 0.3) is 0 Å². The van der Waals surface area contributed by atoms with Crippen LogP contribution in [-0.2, 0) is 0 Å². The summed E-state index contributed by atoms with van der Waals surface area (Å²) in [4.78, 5) is 24.3. The molecule has 0 fully saturated rings. The third kappa shape index (κ3) is 2.25. The van der Waals surface area contributed by atoms with E-state index in [0.717, 1.165) is 11.4 Å². The van der Waals surface area contributed by atoms with Gasteiger partial charge in [-0.05, 0) is 36.4 Å². The van der Waals surface area contributed by atoms with Gasteiger partial charge in [0.15, 0.2) is 0 Å². The first-order valence-corrected chi connectivity index (χ1v) is 10.5. The zero-order valence-corrected chi connectivity index (χ0v) is 14.7. The maximum atomic E-state index is 12.3. The summed E-state index contributed by atoms with van der Waals surface area (Å²) in [7, 11) is -1.55. The van der Waals surface area contributed by atoms with Gasteiger partial charge in [0.1, 0.15) is 17.2 Å². The Bertz CT molecular complexity index is 831. The number of hydrogen-bond acceptors (Lipinski definition) is 2. The van der Waals surface area contributed by atoms with Crippen molar-refractivity contribution in [3.63, 3.8) is 0 Å². The Hall–Kier alpha value is -1.07. The second-order valence-corrected chi connectivity index (χ2v) is 11.4. The van der Waals surface area contributed by atoms with E-state index >= 15 is 0 Å². The van der Waals surface area contributed by atoms with Gasteiger partial charge in [-0.3, -0.25) is 9.59 Å². The Morgan fingerprint density at radius 3 is 2.05 bits per heavy atom. The molecular formula is C13H15IN2O2Si. The average molecular weight is 386 g/mol. The SMILES string of the molecule is Cc1c(I)c(=O)n2c(=O)c(C#C[Si](C)(C)C)c(C)n12. The molecule has 19 heavy (non-hydrogen) atoms. The third-order valence-corrected chi connectivity index (χ3v) is 4.98. The Labute approximate surface area is 125 Å². The van der Waals surface area contributed by atoms with E-state index in [9.17, 15) is 9.59 Å². The number of aromatic nitrogens is 2. The van der Waals surface area contributed by atoms with Crippen molar-refractivity contribution in [2.24, 2.45) is 0 Å². The van der Waals surface area contributed by atoms with Gasteiger partial charge < -0.3 is 0 Å². The predicted octanol–water partition coefficient (Wildman–Crippen LogP) is 1.65. The molecule has 0 amide bonds. The van der Waals surface area contributed by atoms with Crippen molar-refractivity contribution in [2.45, 2.75) is 33.5 Å². The third-order valence-electron chi connectivity index (χ3n) is 2.86. The van der Waals surface area contributed by atoms with Crippen LogP contribution in [-0.4, -0.2) is 17.1 Å². The van der Waals surface area contributed by atoms with Gasteiger partial charge in [0.25, 0.3) is 11.1 Å². The van der Waals surface area contributed by atoms with Crippen LogP contribution in [0.2, 0.25) is 19.6 Å². The largest absolute Gasteiger partial charge is 0.290 e. The van der Waals surface area contributed by atoms with Crippen molar-refractivity contribution < 1.29 is 0 Å². The summed E-state index contributed by atoms with van der Waals surface area (Å²) >= 11 is 1.98. The molecule has 0 spiro atoms. The maximum absolute atomic E-state index is 12.3. The van der Waals surface area contributed by atoms with E-state index in [4.69, 9.17) is 0 Å². The highest BCUT2D eigenvalue weighted by molar-refractivity contribution is 14.1. The summed E-state index contributed by atoms with van der Waals surface area (Å²) in [6.07, 6.45) is 0. The van der Waals surface area contributed by atoms with E-state index in [2.05, 4.69) is 31.1 Å². The average Bonchev–Trinajstić information content (AvgIpc) is 2.66. The van der Waals surface area contributed by atoms with E-state index in [-0.39, 0.29) is 11.1 Å². The molecule has 0 aliphatic heterocycles. The van der Waals surface area contributed by atoms with Gasteiger partial charge in [-0.25, -0.2) is 4.52 Å². The summed E-state index contributed by atoms with van der Waals surface area (Å²) in [6.45, 7) is 10.0. The zero-order chi connectivity index (χ0) is 14.5. The molecule has 0 N–H and O–H groups in total. The van der Waals surface area contributed by atoms with Crippen LogP contribution in [0.1, 0.15) is 17.0 Å². The smallest absolute Gasteiger partial charge is 0.266 e. The fraction of sp³-hybridized carbons (Fsp3) is 0.385. The van der Waals surface area contributed by atoms with E-state index < -0.39 is 8.07 Å². The fourth-order valence-corrected chi connectivity index (χ4v) is 2.88. The molecule has 2 rings (SSSR count). The van der Waals surface area contributed by atoms with Gasteiger partial charge in [0.05, 0.1) is 11.4 Å². The Morgan fingerprint density at radius 1 is 1.00 bits per heavy atom. The first kappa shape index (κ1) is 14.3. The molecule has 0 radical (unpaired) electrons. The summed E-state index contributed by atoms with van der Waals surface area (Å²) in [6, 6.07) is 0. The summed E-state index contributed by atoms with van der Waals surface area (Å²) in [5.74, 6) is 2.99. The van der Waals surface area contributed by atoms with Gasteiger partial charge in [-0.1, -0.05) is 25.6 Å². The monoisotopic (exact) mass is 386 g/mol. The van der Waals surface area contributed by atoms with Gasteiger partial charge in [0, 0.05) is 0 Å². The molecule has 6 heteroatoms. The highest BCUT2D eigenvalue weighted by Crippen LogP contribution is 2.11. The highest BCUT2D eigenvalue weighted by Gasteiger charge is 2.20. The van der Waals surface area contributed by atoms with Crippen LogP contribution < -0.4 is 11.1 Å². The fourth-order valence-electron chi connectivity index (χ4n) is 1.93. The number of hydrogen-bond donors (Lipinski definition) is 0. The molecule has 0 saturated carbocycles. The number of aryl methyl sites for hydroxylation is 2. The molecule has 0 saturated heterocycles. The predicted molar refractivity (Wildman–Crippen MR) is 87.0 cm³/mol. The number of fused-ring (bicyclic) bond motifs is 1. The van der Waals surface area contributed by atoms with Crippen LogP contribution in [0.4, 0.5) is 0 Å². The molecule has 4 nitrogen and oxygen atoms in total. The van der Waals surface area contributed by atoms with Gasteiger partial charge in [0.2, 0.25) is 0 Å². The quantitative estimate of drug-likeness (QED) is 0.393. The molecule has 0 aromatic carbocycles. The molecule has 2 aromatic rings. The Balaban J connectivity index is 2.87. The lowest BCUT2D eigenvalue weighted by atomic mass is 10.3. The zero-order valence-electron chi connectivity index (χ0n) is 11.6. The van der Waals surface area contributed by atoms with Crippen molar-refractivity contribution >= 4 is 30.7 Å². The highest BCUT2D eigenvalue weighted by atomic mass is 127. The standard InChI is InChI=1S/C13H15IN2O2Si/c1-8-10(6-7-19(3,4)5)12(17)16-13(18)11(14)9(2)15(8)16/h1-5H3. The van der Waals surface area contributed by atoms with Crippen LogP contribution in [0, 0.1) is 28.9 Å². The van der Waals surface area contributed by atoms with E-state index in [0.29, 0.717) is 9.13 Å². The van der Waals surface area contributed by atoms with Crippen LogP contribution >= 0.6 is 22.6 Å². The lowest BCUT2D eigenvalue weighted by Gasteiger charge is -2.02. The Morgan fingerprint density at radius 2 is 1.58 bits per heavy atom. The second kappa shape index (κ2) is 4.49. The van der Waals surface area contributed by atoms with E-state index in [1.54, 1.807) is 4.52 Å². The molecule has 0 atom stereocenters. The van der Waals surface area contributed by atoms with Crippen LogP contribution in [0.3, 0.4) is 0 Å². The molecule has 0 bridgehead atoms. The van der Waals surface area contributed by atoms with Crippen LogP contribution in [0.15, 0.2) is 9.59 Å². The number of nitrogens with zero attached hydrogens (tertiary/aromatic N) is 2. The van der Waals surface area contributed by atoms with Crippen molar-refractivity contribution in [1.82, 2.24) is 9.03 Å². The maximum Gasteiger partial charge on any atom is 0.290 e. The van der Waals surface area contributed by atoms with Crippen molar-refractivity contribution in [3.05, 3.63) is 41.2 Å². The van der Waals surface area contributed by atoms with Gasteiger partial charge >= 0.3 is 0 Å². The number of halogens is 1. The lowest BCUT2D eigenvalue weighted by Crippen LogP contribution is -2.24. The molecule has 0 aliphatic rings. The molecule has 0 aliphatic carbocycles. The molecule has 0 unspecified atom stereocenters. The number of rotatable bonds is 0. The summed E-state index contributed by atoms with van der Waals surface area (Å²) < 4.78 is 3.43. The molecular weight excluding hydrogens is 371 g/mol. The normalized spacial score (nSPS) is 11.7. The topological polar surface area (TPSA) is 43.0 Å². The molecule has 100 valence electrons. The molecule has 2 heterocycles. The Kier molecular flexibility index (Phi) is 3.39. The van der Waals surface area contributed by atoms with Crippen molar-refractivity contribution in [3.8, 4) is 11.5 Å². The minimum atomic E-state index is -1.55. The van der Waals surface area contributed by atoms with Crippen LogP contribution in [0.5, 0.6) is 0 Å². The first-order valence-electron chi connectivity index (χ1n) is 5.94. The minimum Gasteiger partial charge on any atom is -0.266 e. The van der Waals surface area contributed by atoms with E-state index in [1.807, 2.05) is 36.4 Å². The summed E-state index contributed by atoms with van der Waals surface area (Å²) in [5, 5.41) is 0. The molecule has 2 aromatic heterocycles. The second-order valence-electron chi connectivity index (χ2n) is 5.59. The summed E-state index contributed by atoms with van der Waals surface area (Å²) in [5.41, 5.74) is 4.60. The lowest BCUT2D eigenvalue weighted by molar-refractivity contribution is 0.768. The van der Waals surface area contributed by atoms with Gasteiger partial charge in [-0.2, -0.15) is 4.52 Å².